The molecular formula is C10H14N4. The number of aromatic nitrogens is 3. The van der Waals surface area contributed by atoms with Crippen LogP contribution < -0.4 is 5.73 Å². The molecule has 2 heterocycles. The number of pyridine rings is 1. The van der Waals surface area contributed by atoms with Crippen molar-refractivity contribution in [3.63, 3.8) is 0 Å². The summed E-state index contributed by atoms with van der Waals surface area (Å²) in [5, 5.41) is 0. The van der Waals surface area contributed by atoms with Gasteiger partial charge in [0.2, 0.25) is 0 Å². The number of anilines is 1. The zero-order valence-corrected chi connectivity index (χ0v) is 8.41. The topological polar surface area (TPSA) is 67.6 Å². The third-order valence-electron chi connectivity index (χ3n) is 2.01. The number of nitrogens with two attached hydrogens (primary N) is 1. The van der Waals surface area contributed by atoms with E-state index in [0.717, 1.165) is 23.4 Å². The van der Waals surface area contributed by atoms with E-state index in [9.17, 15) is 0 Å². The maximum atomic E-state index is 5.62. The third kappa shape index (κ3) is 1.69. The largest absolute Gasteiger partial charge is 0.397 e. The first-order valence-corrected chi connectivity index (χ1v) is 4.75. The standard InChI is InChI=1S/C10H14N4/c1-6(2)3-9-13-8-4-7(11)5-12-10(8)14-9/h4-6H,3,11H2,1-2H3,(H,12,13,14). The lowest BCUT2D eigenvalue weighted by Gasteiger charge is -1.98. The molecule has 0 aliphatic rings. The first-order chi connectivity index (χ1) is 6.65. The smallest absolute Gasteiger partial charge is 0.177 e. The van der Waals surface area contributed by atoms with E-state index in [2.05, 4.69) is 28.8 Å². The maximum absolute atomic E-state index is 5.62. The van der Waals surface area contributed by atoms with E-state index in [1.54, 1.807) is 6.20 Å². The lowest BCUT2D eigenvalue weighted by Crippen LogP contribution is -1.95. The minimum Gasteiger partial charge on any atom is -0.397 e. The molecule has 3 N–H and O–H groups in total. The van der Waals surface area contributed by atoms with Gasteiger partial charge in [0, 0.05) is 6.42 Å². The van der Waals surface area contributed by atoms with Crippen LogP contribution in [0.15, 0.2) is 12.3 Å². The maximum Gasteiger partial charge on any atom is 0.177 e. The minimum atomic E-state index is 0.591. The Morgan fingerprint density at radius 1 is 1.50 bits per heavy atom. The Kier molecular flexibility index (Phi) is 2.11. The summed E-state index contributed by atoms with van der Waals surface area (Å²) < 4.78 is 0. The predicted octanol–water partition coefficient (Wildman–Crippen LogP) is 1.74. The molecule has 0 spiro atoms. The van der Waals surface area contributed by atoms with Gasteiger partial charge in [-0.25, -0.2) is 9.97 Å². The van der Waals surface area contributed by atoms with Gasteiger partial charge in [0.15, 0.2) is 5.65 Å². The van der Waals surface area contributed by atoms with Gasteiger partial charge < -0.3 is 10.7 Å². The fraction of sp³-hybridized carbons (Fsp3) is 0.400. The van der Waals surface area contributed by atoms with Crippen LogP contribution in [-0.4, -0.2) is 15.0 Å². The Balaban J connectivity index is 2.41. The molecule has 74 valence electrons. The molecule has 0 bridgehead atoms. The van der Waals surface area contributed by atoms with Gasteiger partial charge >= 0.3 is 0 Å². The van der Waals surface area contributed by atoms with Gasteiger partial charge in [0.05, 0.1) is 17.4 Å². The fourth-order valence-electron chi connectivity index (χ4n) is 1.45. The molecule has 0 unspecified atom stereocenters. The fourth-order valence-corrected chi connectivity index (χ4v) is 1.45. The van der Waals surface area contributed by atoms with Crippen molar-refractivity contribution in [3.05, 3.63) is 18.1 Å². The Labute approximate surface area is 82.6 Å². The number of rotatable bonds is 2. The van der Waals surface area contributed by atoms with E-state index in [-0.39, 0.29) is 0 Å². The summed E-state index contributed by atoms with van der Waals surface area (Å²) in [5.41, 5.74) is 7.95. The van der Waals surface area contributed by atoms with Crippen molar-refractivity contribution in [2.24, 2.45) is 5.92 Å². The summed E-state index contributed by atoms with van der Waals surface area (Å²) >= 11 is 0. The molecule has 0 aliphatic carbocycles. The number of hydrogen-bond acceptors (Lipinski definition) is 3. The minimum absolute atomic E-state index is 0.591. The summed E-state index contributed by atoms with van der Waals surface area (Å²) in [6.45, 7) is 4.32. The normalized spacial score (nSPS) is 11.4. The molecular weight excluding hydrogens is 176 g/mol. The number of imidazole rings is 1. The molecule has 0 radical (unpaired) electrons. The zero-order valence-electron chi connectivity index (χ0n) is 8.41. The summed E-state index contributed by atoms with van der Waals surface area (Å²) in [6.07, 6.45) is 2.57. The summed E-state index contributed by atoms with van der Waals surface area (Å²) in [5.74, 6) is 1.57. The van der Waals surface area contributed by atoms with Crippen molar-refractivity contribution < 1.29 is 0 Å². The molecule has 0 saturated heterocycles. The SMILES string of the molecule is CC(C)Cc1nc2ncc(N)cc2[nH]1. The van der Waals surface area contributed by atoms with Crippen molar-refractivity contribution in [1.29, 1.82) is 0 Å². The van der Waals surface area contributed by atoms with Crippen LogP contribution in [0.1, 0.15) is 19.7 Å². The van der Waals surface area contributed by atoms with Gasteiger partial charge in [-0.05, 0) is 12.0 Å². The molecule has 0 amide bonds. The van der Waals surface area contributed by atoms with Crippen LogP contribution in [0.25, 0.3) is 11.2 Å². The van der Waals surface area contributed by atoms with Crippen LogP contribution in [0.3, 0.4) is 0 Å². The third-order valence-corrected chi connectivity index (χ3v) is 2.01. The van der Waals surface area contributed by atoms with E-state index in [1.165, 1.54) is 0 Å². The van der Waals surface area contributed by atoms with Crippen molar-refractivity contribution in [2.45, 2.75) is 20.3 Å². The Bertz CT molecular complexity index is 444. The molecule has 0 aliphatic heterocycles. The molecule has 4 heteroatoms. The van der Waals surface area contributed by atoms with Crippen molar-refractivity contribution in [2.75, 3.05) is 5.73 Å². The number of aromatic amines is 1. The van der Waals surface area contributed by atoms with Crippen LogP contribution >= 0.6 is 0 Å². The molecule has 2 rings (SSSR count). The van der Waals surface area contributed by atoms with Crippen LogP contribution in [0.5, 0.6) is 0 Å². The molecule has 0 aromatic carbocycles. The van der Waals surface area contributed by atoms with E-state index < -0.39 is 0 Å². The molecule has 14 heavy (non-hydrogen) atoms. The number of H-pyrrole nitrogens is 1. The first-order valence-electron chi connectivity index (χ1n) is 4.75. The lowest BCUT2D eigenvalue weighted by atomic mass is 10.1. The summed E-state index contributed by atoms with van der Waals surface area (Å²) in [6, 6.07) is 1.86. The predicted molar refractivity (Wildman–Crippen MR) is 56.8 cm³/mol. The highest BCUT2D eigenvalue weighted by atomic mass is 15.0. The van der Waals surface area contributed by atoms with Gasteiger partial charge in [0.1, 0.15) is 5.82 Å². The lowest BCUT2D eigenvalue weighted by molar-refractivity contribution is 0.627. The Morgan fingerprint density at radius 2 is 2.29 bits per heavy atom. The number of nitrogens with one attached hydrogen (secondary N) is 1. The number of nitrogen functional groups attached to an aromatic ring is 1. The highest BCUT2D eigenvalue weighted by Crippen LogP contribution is 2.13. The van der Waals surface area contributed by atoms with Crippen molar-refractivity contribution >= 4 is 16.9 Å². The van der Waals surface area contributed by atoms with Crippen LogP contribution in [0.2, 0.25) is 0 Å². The summed E-state index contributed by atoms with van der Waals surface area (Å²) in [7, 11) is 0. The Morgan fingerprint density at radius 3 is 3.00 bits per heavy atom. The number of hydrogen-bond donors (Lipinski definition) is 2. The van der Waals surface area contributed by atoms with Crippen LogP contribution in [0.4, 0.5) is 5.69 Å². The second-order valence-electron chi connectivity index (χ2n) is 3.92. The molecule has 2 aromatic heterocycles. The Hall–Kier alpha value is -1.58. The van der Waals surface area contributed by atoms with Crippen molar-refractivity contribution in [1.82, 2.24) is 15.0 Å². The molecule has 0 fully saturated rings. The number of fused-ring (bicyclic) bond motifs is 1. The molecule has 0 atom stereocenters. The first kappa shape index (κ1) is 8.99. The van der Waals surface area contributed by atoms with Gasteiger partial charge in [-0.1, -0.05) is 13.8 Å². The number of nitrogens with zero attached hydrogens (tertiary/aromatic N) is 2. The van der Waals surface area contributed by atoms with Gasteiger partial charge in [-0.2, -0.15) is 0 Å². The average Bonchev–Trinajstić information content (AvgIpc) is 2.44. The second-order valence-corrected chi connectivity index (χ2v) is 3.92. The van der Waals surface area contributed by atoms with E-state index in [0.29, 0.717) is 11.6 Å². The van der Waals surface area contributed by atoms with E-state index >= 15 is 0 Å². The summed E-state index contributed by atoms with van der Waals surface area (Å²) in [4.78, 5) is 11.7. The van der Waals surface area contributed by atoms with E-state index in [4.69, 9.17) is 5.73 Å². The average molecular weight is 190 g/mol. The van der Waals surface area contributed by atoms with Gasteiger partial charge in [-0.15, -0.1) is 0 Å². The quantitative estimate of drug-likeness (QED) is 0.757. The van der Waals surface area contributed by atoms with Gasteiger partial charge in [-0.3, -0.25) is 0 Å². The molecule has 4 nitrogen and oxygen atoms in total. The molecule has 2 aromatic rings. The van der Waals surface area contributed by atoms with Gasteiger partial charge in [0.25, 0.3) is 0 Å². The van der Waals surface area contributed by atoms with Crippen LogP contribution in [-0.2, 0) is 6.42 Å². The second kappa shape index (κ2) is 3.29. The highest BCUT2D eigenvalue weighted by molar-refractivity contribution is 5.73. The highest BCUT2D eigenvalue weighted by Gasteiger charge is 2.05. The zero-order chi connectivity index (χ0) is 10.1. The van der Waals surface area contributed by atoms with E-state index in [1.807, 2.05) is 6.07 Å². The van der Waals surface area contributed by atoms with Crippen LogP contribution in [0, 0.1) is 5.92 Å². The molecule has 0 saturated carbocycles. The van der Waals surface area contributed by atoms with Crippen molar-refractivity contribution in [3.8, 4) is 0 Å². The monoisotopic (exact) mass is 190 g/mol.